The fraction of sp³-hybridized carbons (Fsp3) is 0.368. The van der Waals surface area contributed by atoms with E-state index in [4.69, 9.17) is 0 Å². The predicted molar refractivity (Wildman–Crippen MR) is 96.1 cm³/mol. The van der Waals surface area contributed by atoms with Crippen LogP contribution in [0.25, 0.3) is 0 Å². The molecule has 6 heteroatoms. The molecular formula is C19H21N5O. The first-order valence-electron chi connectivity index (χ1n) is 8.76. The molecule has 4 rings (SSSR count). The highest BCUT2D eigenvalue weighted by atomic mass is 16.2. The monoisotopic (exact) mass is 335 g/mol. The number of carbonyl (C=O) groups is 1. The predicted octanol–water partition coefficient (Wildman–Crippen LogP) is 2.65. The molecule has 1 fully saturated rings. The van der Waals surface area contributed by atoms with Crippen LogP contribution in [0.2, 0.25) is 0 Å². The van der Waals surface area contributed by atoms with Crippen LogP contribution in [0, 0.1) is 5.92 Å². The molecule has 0 N–H and O–H groups in total. The number of hydrazone groups is 1. The van der Waals surface area contributed by atoms with Gasteiger partial charge < -0.3 is 4.90 Å². The van der Waals surface area contributed by atoms with Crippen LogP contribution in [0.5, 0.6) is 0 Å². The van der Waals surface area contributed by atoms with E-state index in [0.29, 0.717) is 0 Å². The van der Waals surface area contributed by atoms with Crippen LogP contribution in [0.4, 0.5) is 5.82 Å². The molecule has 1 aromatic heterocycles. The SMILES string of the molecule is O=C(C1CCN(c2cccnn2)CC1)N1N=CC[C@H]1c1ccccc1. The number of benzene rings is 1. The van der Waals surface area contributed by atoms with Crippen molar-refractivity contribution in [3.63, 3.8) is 0 Å². The Hall–Kier alpha value is -2.76. The number of rotatable bonds is 3. The zero-order valence-electron chi connectivity index (χ0n) is 14.0. The standard InChI is InChI=1S/C19H21N5O/c25-19(24-17(8-12-21-24)15-5-2-1-3-6-15)16-9-13-23(14-10-16)18-7-4-11-20-22-18/h1-7,11-12,16-17H,8-10,13-14H2/t17-/m0/s1. The van der Waals surface area contributed by atoms with Gasteiger partial charge in [-0.2, -0.15) is 10.2 Å². The maximum atomic E-state index is 13.0. The highest BCUT2D eigenvalue weighted by Gasteiger charge is 2.34. The van der Waals surface area contributed by atoms with E-state index in [1.54, 1.807) is 11.2 Å². The molecule has 25 heavy (non-hydrogen) atoms. The lowest BCUT2D eigenvalue weighted by Gasteiger charge is -2.34. The summed E-state index contributed by atoms with van der Waals surface area (Å²) in [5.74, 6) is 1.05. The molecule has 1 aromatic carbocycles. The number of aromatic nitrogens is 2. The second kappa shape index (κ2) is 7.01. The van der Waals surface area contributed by atoms with Crippen LogP contribution < -0.4 is 4.90 Å². The van der Waals surface area contributed by atoms with Crippen molar-refractivity contribution in [1.82, 2.24) is 15.2 Å². The maximum absolute atomic E-state index is 13.0. The molecular weight excluding hydrogens is 314 g/mol. The first-order chi connectivity index (χ1) is 12.3. The average Bonchev–Trinajstić information content (AvgIpc) is 3.19. The fourth-order valence-electron chi connectivity index (χ4n) is 3.58. The van der Waals surface area contributed by atoms with E-state index < -0.39 is 0 Å². The van der Waals surface area contributed by atoms with Crippen molar-refractivity contribution in [1.29, 1.82) is 0 Å². The summed E-state index contributed by atoms with van der Waals surface area (Å²) in [6, 6.07) is 14.0. The quantitative estimate of drug-likeness (QED) is 0.865. The largest absolute Gasteiger partial charge is 0.355 e. The summed E-state index contributed by atoms with van der Waals surface area (Å²) in [5.41, 5.74) is 1.14. The van der Waals surface area contributed by atoms with Crippen molar-refractivity contribution in [3.8, 4) is 0 Å². The minimum atomic E-state index is 0.0226. The molecule has 0 spiro atoms. The van der Waals surface area contributed by atoms with E-state index in [1.807, 2.05) is 36.5 Å². The summed E-state index contributed by atoms with van der Waals surface area (Å²) in [5, 5.41) is 14.2. The summed E-state index contributed by atoms with van der Waals surface area (Å²) in [4.78, 5) is 15.2. The molecule has 128 valence electrons. The normalized spacial score (nSPS) is 20.9. The third kappa shape index (κ3) is 3.24. The highest BCUT2D eigenvalue weighted by Crippen LogP contribution is 2.32. The van der Waals surface area contributed by atoms with E-state index in [1.165, 1.54) is 0 Å². The molecule has 6 nitrogen and oxygen atoms in total. The lowest BCUT2D eigenvalue weighted by molar-refractivity contribution is -0.138. The molecule has 1 amide bonds. The first-order valence-corrected chi connectivity index (χ1v) is 8.76. The molecule has 3 heterocycles. The Morgan fingerprint density at radius 3 is 2.56 bits per heavy atom. The summed E-state index contributed by atoms with van der Waals surface area (Å²) < 4.78 is 0. The summed E-state index contributed by atoms with van der Waals surface area (Å²) in [7, 11) is 0. The van der Waals surface area contributed by atoms with Crippen molar-refractivity contribution >= 4 is 17.9 Å². The van der Waals surface area contributed by atoms with Crippen LogP contribution in [0.1, 0.15) is 30.9 Å². The number of amides is 1. The van der Waals surface area contributed by atoms with E-state index in [0.717, 1.165) is 43.7 Å². The number of piperidine rings is 1. The third-order valence-electron chi connectivity index (χ3n) is 4.97. The molecule has 0 unspecified atom stereocenters. The van der Waals surface area contributed by atoms with Gasteiger partial charge in [-0.05, 0) is 30.5 Å². The van der Waals surface area contributed by atoms with Gasteiger partial charge in [-0.1, -0.05) is 30.3 Å². The van der Waals surface area contributed by atoms with Crippen molar-refractivity contribution in [2.45, 2.75) is 25.3 Å². The van der Waals surface area contributed by atoms with E-state index >= 15 is 0 Å². The molecule has 0 aliphatic carbocycles. The molecule has 0 radical (unpaired) electrons. The Balaban J connectivity index is 1.41. The van der Waals surface area contributed by atoms with E-state index in [9.17, 15) is 4.79 Å². The number of anilines is 1. The Kier molecular flexibility index (Phi) is 4.41. The number of carbonyl (C=O) groups excluding carboxylic acids is 1. The zero-order valence-corrected chi connectivity index (χ0v) is 14.0. The average molecular weight is 335 g/mol. The Labute approximate surface area is 147 Å². The maximum Gasteiger partial charge on any atom is 0.246 e. The summed E-state index contributed by atoms with van der Waals surface area (Å²) in [6.45, 7) is 1.64. The summed E-state index contributed by atoms with van der Waals surface area (Å²) >= 11 is 0. The van der Waals surface area contributed by atoms with Crippen LogP contribution in [-0.2, 0) is 4.79 Å². The van der Waals surface area contributed by atoms with Crippen LogP contribution in [0.3, 0.4) is 0 Å². The lowest BCUT2D eigenvalue weighted by atomic mass is 9.94. The van der Waals surface area contributed by atoms with E-state index in [2.05, 4.69) is 32.3 Å². The highest BCUT2D eigenvalue weighted by molar-refractivity contribution is 5.82. The lowest BCUT2D eigenvalue weighted by Crippen LogP contribution is -2.41. The minimum Gasteiger partial charge on any atom is -0.355 e. The van der Waals surface area contributed by atoms with Gasteiger partial charge in [0.25, 0.3) is 0 Å². The van der Waals surface area contributed by atoms with Crippen molar-refractivity contribution in [2.75, 3.05) is 18.0 Å². The number of nitrogens with zero attached hydrogens (tertiary/aromatic N) is 5. The van der Waals surface area contributed by atoms with Crippen LogP contribution >= 0.6 is 0 Å². The minimum absolute atomic E-state index is 0.0226. The van der Waals surface area contributed by atoms with Gasteiger partial charge in [0.15, 0.2) is 5.82 Å². The smallest absolute Gasteiger partial charge is 0.246 e. The van der Waals surface area contributed by atoms with Gasteiger partial charge in [-0.3, -0.25) is 4.79 Å². The van der Waals surface area contributed by atoms with Gasteiger partial charge in [0.2, 0.25) is 5.91 Å². The zero-order chi connectivity index (χ0) is 17.1. The Bertz CT molecular complexity index is 741. The fourth-order valence-corrected chi connectivity index (χ4v) is 3.58. The molecule has 2 aromatic rings. The second-order valence-electron chi connectivity index (χ2n) is 6.49. The van der Waals surface area contributed by atoms with Crippen molar-refractivity contribution in [2.24, 2.45) is 11.0 Å². The number of hydrogen-bond donors (Lipinski definition) is 0. The molecule has 1 saturated heterocycles. The second-order valence-corrected chi connectivity index (χ2v) is 6.49. The molecule has 2 aliphatic heterocycles. The Morgan fingerprint density at radius 1 is 1.04 bits per heavy atom. The van der Waals surface area contributed by atoms with Crippen LogP contribution in [0.15, 0.2) is 53.8 Å². The first kappa shape index (κ1) is 15.7. The van der Waals surface area contributed by atoms with Crippen molar-refractivity contribution in [3.05, 3.63) is 54.2 Å². The molecule has 2 aliphatic rings. The van der Waals surface area contributed by atoms with Crippen molar-refractivity contribution < 1.29 is 4.79 Å². The van der Waals surface area contributed by atoms with E-state index in [-0.39, 0.29) is 17.9 Å². The van der Waals surface area contributed by atoms with Crippen LogP contribution in [-0.4, -0.2) is 40.4 Å². The van der Waals surface area contributed by atoms with Gasteiger partial charge in [0.1, 0.15) is 0 Å². The van der Waals surface area contributed by atoms with Gasteiger partial charge >= 0.3 is 0 Å². The van der Waals surface area contributed by atoms with Gasteiger partial charge in [0.05, 0.1) is 6.04 Å². The molecule has 1 atom stereocenters. The van der Waals surface area contributed by atoms with Gasteiger partial charge in [-0.15, -0.1) is 5.10 Å². The molecule has 0 saturated carbocycles. The topological polar surface area (TPSA) is 61.7 Å². The summed E-state index contributed by atoms with van der Waals surface area (Å²) in [6.07, 6.45) is 5.96. The third-order valence-corrected chi connectivity index (χ3v) is 4.97. The van der Waals surface area contributed by atoms with Gasteiger partial charge in [0, 0.05) is 37.8 Å². The molecule has 0 bridgehead atoms. The number of hydrogen-bond acceptors (Lipinski definition) is 5. The van der Waals surface area contributed by atoms with Gasteiger partial charge in [-0.25, -0.2) is 5.01 Å². The Morgan fingerprint density at radius 2 is 1.84 bits per heavy atom.